The van der Waals surface area contributed by atoms with Crippen LogP contribution >= 0.6 is 0 Å². The molecule has 1 aliphatic heterocycles. The third kappa shape index (κ3) is 3.72. The van der Waals surface area contributed by atoms with Crippen LogP contribution in [0.1, 0.15) is 37.3 Å². The lowest BCUT2D eigenvalue weighted by molar-refractivity contribution is -0.136. The molecule has 104 valence electrons. The molecule has 1 fully saturated rings. The predicted molar refractivity (Wildman–Crippen MR) is 77.7 cm³/mol. The lowest BCUT2D eigenvalue weighted by atomic mass is 9.97. The van der Waals surface area contributed by atoms with Crippen molar-refractivity contribution in [1.29, 1.82) is 0 Å². The Bertz CT molecular complexity index is 448. The highest BCUT2D eigenvalue weighted by molar-refractivity contribution is 5.67. The number of hydrogen-bond donors (Lipinski definition) is 1. The van der Waals surface area contributed by atoms with Gasteiger partial charge in [0, 0.05) is 25.2 Å². The molecule has 3 nitrogen and oxygen atoms in total. The van der Waals surface area contributed by atoms with E-state index in [9.17, 15) is 4.79 Å². The third-order valence-corrected chi connectivity index (χ3v) is 4.01. The Kier molecular flexibility index (Phi) is 4.46. The zero-order chi connectivity index (χ0) is 13.8. The van der Waals surface area contributed by atoms with Crippen molar-refractivity contribution in [1.82, 2.24) is 0 Å². The van der Waals surface area contributed by atoms with E-state index in [1.54, 1.807) is 0 Å². The molecule has 0 unspecified atom stereocenters. The van der Waals surface area contributed by atoms with Crippen LogP contribution in [0.4, 0.5) is 5.69 Å². The summed E-state index contributed by atoms with van der Waals surface area (Å²) in [5.41, 5.74) is 3.69. The van der Waals surface area contributed by atoms with E-state index >= 15 is 0 Å². The summed E-state index contributed by atoms with van der Waals surface area (Å²) in [5, 5.41) is 8.72. The Morgan fingerprint density at radius 3 is 2.63 bits per heavy atom. The van der Waals surface area contributed by atoms with Gasteiger partial charge in [-0.1, -0.05) is 19.1 Å². The summed E-state index contributed by atoms with van der Waals surface area (Å²) in [6.45, 7) is 6.71. The maximum atomic E-state index is 10.6. The van der Waals surface area contributed by atoms with Crippen LogP contribution in [0.15, 0.2) is 18.2 Å². The van der Waals surface area contributed by atoms with E-state index in [2.05, 4.69) is 36.9 Å². The minimum absolute atomic E-state index is 0.208. The van der Waals surface area contributed by atoms with Crippen molar-refractivity contribution >= 4 is 11.7 Å². The molecule has 1 saturated heterocycles. The Balaban J connectivity index is 2.04. The summed E-state index contributed by atoms with van der Waals surface area (Å²) in [4.78, 5) is 13.0. The second-order valence-corrected chi connectivity index (χ2v) is 5.68. The molecule has 1 aromatic rings. The molecule has 3 heteroatoms. The molecular weight excluding hydrogens is 238 g/mol. The zero-order valence-corrected chi connectivity index (χ0v) is 11.9. The molecule has 0 aromatic heterocycles. The first-order chi connectivity index (χ1) is 9.06. The fourth-order valence-electron chi connectivity index (χ4n) is 2.73. The maximum absolute atomic E-state index is 10.6. The Labute approximate surface area is 115 Å². The van der Waals surface area contributed by atoms with Crippen LogP contribution in [0.5, 0.6) is 0 Å². The number of hydrogen-bond acceptors (Lipinski definition) is 2. The first-order valence-corrected chi connectivity index (χ1v) is 7.12. The molecule has 0 atom stereocenters. The summed E-state index contributed by atoms with van der Waals surface area (Å²) in [6, 6.07) is 6.36. The molecule has 19 heavy (non-hydrogen) atoms. The molecule has 0 bridgehead atoms. The van der Waals surface area contributed by atoms with E-state index in [0.717, 1.165) is 24.6 Å². The Morgan fingerprint density at radius 2 is 2.05 bits per heavy atom. The third-order valence-electron chi connectivity index (χ3n) is 4.01. The van der Waals surface area contributed by atoms with Crippen molar-refractivity contribution in [3.63, 3.8) is 0 Å². The number of benzene rings is 1. The topological polar surface area (TPSA) is 40.5 Å². The van der Waals surface area contributed by atoms with Crippen molar-refractivity contribution in [3.05, 3.63) is 29.3 Å². The van der Waals surface area contributed by atoms with Crippen LogP contribution in [-0.2, 0) is 11.2 Å². The van der Waals surface area contributed by atoms with Crippen molar-refractivity contribution in [2.45, 2.75) is 39.5 Å². The van der Waals surface area contributed by atoms with E-state index in [-0.39, 0.29) is 6.42 Å². The lowest BCUT2D eigenvalue weighted by Gasteiger charge is -2.33. The van der Waals surface area contributed by atoms with Gasteiger partial charge in [-0.3, -0.25) is 4.79 Å². The molecule has 0 spiro atoms. The molecule has 0 radical (unpaired) electrons. The molecule has 1 N–H and O–H groups in total. The monoisotopic (exact) mass is 261 g/mol. The van der Waals surface area contributed by atoms with E-state index < -0.39 is 5.97 Å². The zero-order valence-electron chi connectivity index (χ0n) is 11.9. The van der Waals surface area contributed by atoms with E-state index in [0.29, 0.717) is 6.42 Å². The fourth-order valence-corrected chi connectivity index (χ4v) is 2.73. The first kappa shape index (κ1) is 13.9. The van der Waals surface area contributed by atoms with Gasteiger partial charge < -0.3 is 10.0 Å². The second kappa shape index (κ2) is 6.09. The van der Waals surface area contributed by atoms with Crippen LogP contribution in [0, 0.1) is 12.8 Å². The Morgan fingerprint density at radius 1 is 1.37 bits per heavy atom. The van der Waals surface area contributed by atoms with Gasteiger partial charge in [0.05, 0.1) is 0 Å². The molecular formula is C16H23NO2. The van der Waals surface area contributed by atoms with E-state index in [1.165, 1.54) is 24.1 Å². The average Bonchev–Trinajstić information content (AvgIpc) is 2.38. The minimum Gasteiger partial charge on any atom is -0.481 e. The normalized spacial score (nSPS) is 16.6. The molecule has 1 aliphatic rings. The van der Waals surface area contributed by atoms with Gasteiger partial charge in [0.25, 0.3) is 0 Å². The van der Waals surface area contributed by atoms with Gasteiger partial charge >= 0.3 is 5.97 Å². The van der Waals surface area contributed by atoms with Gasteiger partial charge in [0.1, 0.15) is 0 Å². The minimum atomic E-state index is -0.730. The summed E-state index contributed by atoms with van der Waals surface area (Å²) >= 11 is 0. The highest BCUT2D eigenvalue weighted by Crippen LogP contribution is 2.26. The number of carboxylic acid groups (broad SMARTS) is 1. The van der Waals surface area contributed by atoms with Gasteiger partial charge in [-0.05, 0) is 49.3 Å². The number of rotatable bonds is 4. The lowest BCUT2D eigenvalue weighted by Crippen LogP contribution is -2.33. The van der Waals surface area contributed by atoms with Gasteiger partial charge in [-0.2, -0.15) is 0 Å². The molecule has 1 heterocycles. The van der Waals surface area contributed by atoms with Crippen LogP contribution in [0.25, 0.3) is 0 Å². The number of anilines is 1. The SMILES string of the molecule is Cc1cc(CCC(=O)O)ccc1N1CCC(C)CC1. The largest absolute Gasteiger partial charge is 0.481 e. The summed E-state index contributed by atoms with van der Waals surface area (Å²) in [6.07, 6.45) is 3.36. The Hall–Kier alpha value is -1.51. The van der Waals surface area contributed by atoms with Crippen molar-refractivity contribution in [3.8, 4) is 0 Å². The molecule has 2 rings (SSSR count). The number of piperidine rings is 1. The highest BCUT2D eigenvalue weighted by Gasteiger charge is 2.17. The summed E-state index contributed by atoms with van der Waals surface area (Å²) in [7, 11) is 0. The second-order valence-electron chi connectivity index (χ2n) is 5.68. The molecule has 0 saturated carbocycles. The number of carboxylic acids is 1. The molecule has 0 aliphatic carbocycles. The fraction of sp³-hybridized carbons (Fsp3) is 0.562. The summed E-state index contributed by atoms with van der Waals surface area (Å²) in [5.74, 6) is 0.109. The van der Waals surface area contributed by atoms with Crippen LogP contribution in [0.3, 0.4) is 0 Å². The van der Waals surface area contributed by atoms with Gasteiger partial charge in [-0.15, -0.1) is 0 Å². The number of carbonyl (C=O) groups is 1. The molecule has 0 amide bonds. The number of aliphatic carboxylic acids is 1. The standard InChI is InChI=1S/C16H23NO2/c1-12-7-9-17(10-8-12)15-5-3-14(11-13(15)2)4-6-16(18)19/h3,5,11-12H,4,6-10H2,1-2H3,(H,18,19). The van der Waals surface area contributed by atoms with Crippen molar-refractivity contribution < 1.29 is 9.90 Å². The summed E-state index contributed by atoms with van der Waals surface area (Å²) < 4.78 is 0. The molecule has 1 aromatic carbocycles. The predicted octanol–water partition coefficient (Wildman–Crippen LogP) is 3.25. The quantitative estimate of drug-likeness (QED) is 0.904. The highest BCUT2D eigenvalue weighted by atomic mass is 16.4. The van der Waals surface area contributed by atoms with Crippen LogP contribution in [0.2, 0.25) is 0 Å². The first-order valence-electron chi connectivity index (χ1n) is 7.12. The van der Waals surface area contributed by atoms with Crippen LogP contribution in [-0.4, -0.2) is 24.2 Å². The van der Waals surface area contributed by atoms with Crippen LogP contribution < -0.4 is 4.90 Å². The van der Waals surface area contributed by atoms with Crippen molar-refractivity contribution in [2.75, 3.05) is 18.0 Å². The van der Waals surface area contributed by atoms with Gasteiger partial charge in [0.15, 0.2) is 0 Å². The number of aryl methyl sites for hydroxylation is 2. The van der Waals surface area contributed by atoms with Crippen molar-refractivity contribution in [2.24, 2.45) is 5.92 Å². The smallest absolute Gasteiger partial charge is 0.303 e. The van der Waals surface area contributed by atoms with E-state index in [4.69, 9.17) is 5.11 Å². The van der Waals surface area contributed by atoms with E-state index in [1.807, 2.05) is 0 Å². The maximum Gasteiger partial charge on any atom is 0.303 e. The van der Waals surface area contributed by atoms with Gasteiger partial charge in [0.2, 0.25) is 0 Å². The average molecular weight is 261 g/mol. The van der Waals surface area contributed by atoms with Gasteiger partial charge in [-0.25, -0.2) is 0 Å². The number of nitrogens with zero attached hydrogens (tertiary/aromatic N) is 1.